The summed E-state index contributed by atoms with van der Waals surface area (Å²) in [6.07, 6.45) is 2.91. The van der Waals surface area contributed by atoms with Gasteiger partial charge in [0.2, 0.25) is 0 Å². The standard InChI is InChI=1S/C13H26N2O3/c1-5-7-9-15(11(3)6-2)13(18)14(4)10-8-12(16)17/h11H,5-10H2,1-4H3,(H,16,17). The van der Waals surface area contributed by atoms with Crippen molar-refractivity contribution >= 4 is 12.0 Å². The maximum absolute atomic E-state index is 12.2. The van der Waals surface area contributed by atoms with Gasteiger partial charge >= 0.3 is 12.0 Å². The van der Waals surface area contributed by atoms with Crippen LogP contribution in [0.15, 0.2) is 0 Å². The molecule has 0 aromatic rings. The lowest BCUT2D eigenvalue weighted by Gasteiger charge is -2.32. The third kappa shape index (κ3) is 5.89. The van der Waals surface area contributed by atoms with E-state index >= 15 is 0 Å². The van der Waals surface area contributed by atoms with Crippen LogP contribution in [0.5, 0.6) is 0 Å². The van der Waals surface area contributed by atoms with Gasteiger partial charge in [-0.3, -0.25) is 4.79 Å². The third-order valence-electron chi connectivity index (χ3n) is 3.11. The van der Waals surface area contributed by atoms with Gasteiger partial charge in [0.25, 0.3) is 0 Å². The quantitative estimate of drug-likeness (QED) is 0.727. The molecule has 1 N–H and O–H groups in total. The summed E-state index contributed by atoms with van der Waals surface area (Å²) in [5, 5.41) is 8.63. The van der Waals surface area contributed by atoms with E-state index in [9.17, 15) is 9.59 Å². The first-order chi connectivity index (χ1) is 8.43. The second-order valence-electron chi connectivity index (χ2n) is 4.65. The summed E-state index contributed by atoms with van der Waals surface area (Å²) in [5.74, 6) is -0.877. The summed E-state index contributed by atoms with van der Waals surface area (Å²) in [6, 6.07) is 0.121. The Kier molecular flexibility index (Phi) is 8.16. The number of carboxylic acids is 1. The summed E-state index contributed by atoms with van der Waals surface area (Å²) in [4.78, 5) is 26.1. The van der Waals surface area contributed by atoms with Crippen LogP contribution in [0.4, 0.5) is 4.79 Å². The van der Waals surface area contributed by atoms with E-state index in [-0.39, 0.29) is 25.0 Å². The molecule has 1 unspecified atom stereocenters. The molecule has 0 saturated carbocycles. The molecule has 5 heteroatoms. The van der Waals surface area contributed by atoms with Crippen LogP contribution in [0.2, 0.25) is 0 Å². The summed E-state index contributed by atoms with van der Waals surface area (Å²) in [6.45, 7) is 7.16. The van der Waals surface area contributed by atoms with E-state index in [1.165, 1.54) is 4.90 Å². The minimum atomic E-state index is -0.877. The van der Waals surface area contributed by atoms with Crippen LogP contribution < -0.4 is 0 Å². The molecule has 0 aliphatic carbocycles. The van der Waals surface area contributed by atoms with Crippen LogP contribution in [0.3, 0.4) is 0 Å². The summed E-state index contributed by atoms with van der Waals surface area (Å²) in [7, 11) is 1.66. The molecule has 0 bridgehead atoms. The molecule has 0 rings (SSSR count). The Balaban J connectivity index is 4.47. The number of urea groups is 1. The number of hydrogen-bond donors (Lipinski definition) is 1. The first-order valence-corrected chi connectivity index (χ1v) is 6.67. The Morgan fingerprint density at radius 2 is 1.83 bits per heavy atom. The van der Waals surface area contributed by atoms with Crippen molar-refractivity contribution in [2.45, 2.75) is 52.5 Å². The second kappa shape index (κ2) is 8.78. The van der Waals surface area contributed by atoms with Gasteiger partial charge in [-0.15, -0.1) is 0 Å². The molecule has 2 amide bonds. The Bertz CT molecular complexity index is 269. The first-order valence-electron chi connectivity index (χ1n) is 6.67. The number of nitrogens with zero attached hydrogens (tertiary/aromatic N) is 2. The molecule has 0 spiro atoms. The van der Waals surface area contributed by atoms with Crippen LogP contribution in [0, 0.1) is 0 Å². The Morgan fingerprint density at radius 1 is 1.22 bits per heavy atom. The van der Waals surface area contributed by atoms with Crippen LogP contribution in [0.25, 0.3) is 0 Å². The zero-order valence-electron chi connectivity index (χ0n) is 12.0. The van der Waals surface area contributed by atoms with Crippen molar-refractivity contribution in [2.24, 2.45) is 0 Å². The van der Waals surface area contributed by atoms with Gasteiger partial charge < -0.3 is 14.9 Å². The molecule has 0 heterocycles. The molecule has 0 fully saturated rings. The monoisotopic (exact) mass is 258 g/mol. The highest BCUT2D eigenvalue weighted by Crippen LogP contribution is 2.09. The fourth-order valence-corrected chi connectivity index (χ4v) is 1.63. The smallest absolute Gasteiger partial charge is 0.319 e. The molecule has 0 aromatic heterocycles. The van der Waals surface area contributed by atoms with Gasteiger partial charge in [-0.05, 0) is 19.8 Å². The number of rotatable bonds is 8. The molecular weight excluding hydrogens is 232 g/mol. The van der Waals surface area contributed by atoms with Gasteiger partial charge in [-0.2, -0.15) is 0 Å². The number of hydrogen-bond acceptors (Lipinski definition) is 2. The lowest BCUT2D eigenvalue weighted by molar-refractivity contribution is -0.137. The molecule has 0 aliphatic heterocycles. The van der Waals surface area contributed by atoms with E-state index in [1.54, 1.807) is 7.05 Å². The van der Waals surface area contributed by atoms with Gasteiger partial charge in [-0.25, -0.2) is 4.79 Å². The summed E-state index contributed by atoms with van der Waals surface area (Å²) in [5.41, 5.74) is 0. The predicted octanol–water partition coefficient (Wildman–Crippen LogP) is 2.41. The highest BCUT2D eigenvalue weighted by molar-refractivity contribution is 5.75. The lowest BCUT2D eigenvalue weighted by atomic mass is 10.2. The Labute approximate surface area is 110 Å². The maximum atomic E-state index is 12.2. The van der Waals surface area contributed by atoms with Crippen LogP contribution >= 0.6 is 0 Å². The summed E-state index contributed by atoms with van der Waals surface area (Å²) >= 11 is 0. The van der Waals surface area contributed by atoms with Crippen molar-refractivity contribution in [2.75, 3.05) is 20.1 Å². The topological polar surface area (TPSA) is 60.9 Å². The third-order valence-corrected chi connectivity index (χ3v) is 3.11. The van der Waals surface area contributed by atoms with Crippen LogP contribution in [0.1, 0.15) is 46.5 Å². The normalized spacial score (nSPS) is 12.0. The fraction of sp³-hybridized carbons (Fsp3) is 0.846. The Hall–Kier alpha value is -1.26. The zero-order valence-corrected chi connectivity index (χ0v) is 12.0. The van der Waals surface area contributed by atoms with E-state index in [0.29, 0.717) is 0 Å². The van der Waals surface area contributed by atoms with E-state index < -0.39 is 5.97 Å². The number of carboxylic acid groups (broad SMARTS) is 1. The average molecular weight is 258 g/mol. The van der Waals surface area contributed by atoms with Crippen molar-refractivity contribution in [3.63, 3.8) is 0 Å². The van der Waals surface area contributed by atoms with Crippen molar-refractivity contribution < 1.29 is 14.7 Å². The molecule has 0 aliphatic rings. The van der Waals surface area contributed by atoms with E-state index in [2.05, 4.69) is 6.92 Å². The van der Waals surface area contributed by atoms with E-state index in [1.807, 2.05) is 18.7 Å². The molecule has 0 saturated heterocycles. The highest BCUT2D eigenvalue weighted by Gasteiger charge is 2.21. The van der Waals surface area contributed by atoms with E-state index in [4.69, 9.17) is 5.11 Å². The number of carbonyl (C=O) groups excluding carboxylic acids is 1. The van der Waals surface area contributed by atoms with Crippen molar-refractivity contribution in [3.8, 4) is 0 Å². The number of carbonyl (C=O) groups is 2. The van der Waals surface area contributed by atoms with Crippen molar-refractivity contribution in [1.29, 1.82) is 0 Å². The van der Waals surface area contributed by atoms with Gasteiger partial charge in [0, 0.05) is 26.2 Å². The first kappa shape index (κ1) is 16.7. The van der Waals surface area contributed by atoms with Crippen molar-refractivity contribution in [1.82, 2.24) is 9.80 Å². The molecule has 0 aromatic carbocycles. The molecular formula is C13H26N2O3. The molecule has 18 heavy (non-hydrogen) atoms. The fourth-order valence-electron chi connectivity index (χ4n) is 1.63. The maximum Gasteiger partial charge on any atom is 0.319 e. The minimum absolute atomic E-state index is 0.00956. The number of amides is 2. The van der Waals surface area contributed by atoms with Crippen LogP contribution in [-0.4, -0.2) is 53.1 Å². The molecule has 1 atom stereocenters. The van der Waals surface area contributed by atoms with Gasteiger partial charge in [0.15, 0.2) is 0 Å². The minimum Gasteiger partial charge on any atom is -0.481 e. The second-order valence-corrected chi connectivity index (χ2v) is 4.65. The SMILES string of the molecule is CCCCN(C(=O)N(C)CCC(=O)O)C(C)CC. The van der Waals surface area contributed by atoms with E-state index in [0.717, 1.165) is 25.8 Å². The molecule has 0 radical (unpaired) electrons. The number of aliphatic carboxylic acids is 1. The zero-order chi connectivity index (χ0) is 14.1. The van der Waals surface area contributed by atoms with Gasteiger partial charge in [0.1, 0.15) is 0 Å². The molecule has 106 valence electrons. The van der Waals surface area contributed by atoms with Crippen molar-refractivity contribution in [3.05, 3.63) is 0 Å². The van der Waals surface area contributed by atoms with Crippen LogP contribution in [-0.2, 0) is 4.79 Å². The highest BCUT2D eigenvalue weighted by atomic mass is 16.4. The summed E-state index contributed by atoms with van der Waals surface area (Å²) < 4.78 is 0. The lowest BCUT2D eigenvalue weighted by Crippen LogP contribution is -2.46. The van der Waals surface area contributed by atoms with Gasteiger partial charge in [-0.1, -0.05) is 20.3 Å². The Morgan fingerprint density at radius 3 is 2.28 bits per heavy atom. The molecule has 5 nitrogen and oxygen atoms in total. The number of unbranched alkanes of at least 4 members (excludes halogenated alkanes) is 1. The largest absolute Gasteiger partial charge is 0.481 e. The average Bonchev–Trinajstić information content (AvgIpc) is 2.35. The van der Waals surface area contributed by atoms with Gasteiger partial charge in [0.05, 0.1) is 6.42 Å². The predicted molar refractivity (Wildman–Crippen MR) is 71.6 cm³/mol.